The normalized spacial score (nSPS) is 11.4. The maximum Gasteiger partial charge on any atom is 0.0444 e. The zero-order valence-corrected chi connectivity index (χ0v) is 10.8. The number of halogens is 1. The number of thiol groups is 1. The van der Waals surface area contributed by atoms with Gasteiger partial charge in [-0.05, 0) is 35.1 Å². The van der Waals surface area contributed by atoms with Gasteiger partial charge in [-0.2, -0.15) is 0 Å². The van der Waals surface area contributed by atoms with Gasteiger partial charge in [0.05, 0.1) is 0 Å². The molecule has 0 bridgehead atoms. The molecule has 1 rings (SSSR count). The Bertz CT molecular complexity index is 296. The largest absolute Gasteiger partial charge is 0.143 e. The molecule has 0 saturated heterocycles. The van der Waals surface area contributed by atoms with E-state index in [2.05, 4.69) is 46.4 Å². The van der Waals surface area contributed by atoms with Gasteiger partial charge in [0.15, 0.2) is 0 Å². The molecule has 0 aliphatic rings. The lowest BCUT2D eigenvalue weighted by molar-refractivity contribution is 0.823. The Morgan fingerprint density at radius 2 is 1.50 bits per heavy atom. The summed E-state index contributed by atoms with van der Waals surface area (Å²) in [7, 11) is 0. The highest BCUT2D eigenvalue weighted by molar-refractivity contribution is 7.80. The average Bonchev–Trinajstić information content (AvgIpc) is 2.07. The third-order valence-corrected chi connectivity index (χ3v) is 3.10. The molecular weight excluding hydrogens is 212 g/mol. The topological polar surface area (TPSA) is 0 Å². The highest BCUT2D eigenvalue weighted by Gasteiger charge is 2.11. The van der Waals surface area contributed by atoms with Crippen molar-refractivity contribution in [3.05, 3.63) is 28.3 Å². The second kappa shape index (κ2) is 4.59. The minimum Gasteiger partial charge on any atom is -0.143 e. The van der Waals surface area contributed by atoms with E-state index in [1.807, 2.05) is 6.07 Å². The molecule has 0 unspecified atom stereocenters. The van der Waals surface area contributed by atoms with E-state index in [4.69, 9.17) is 11.6 Å². The van der Waals surface area contributed by atoms with Crippen molar-refractivity contribution in [2.75, 3.05) is 0 Å². The lowest BCUT2D eigenvalue weighted by Crippen LogP contribution is -1.95. The highest BCUT2D eigenvalue weighted by atomic mass is 35.5. The number of benzene rings is 1. The standard InChI is InChI=1S/C12H17ClS/c1-7(2)9-6-12(14)10(8(3)4)5-11(9)13/h5-8,14H,1-4H3. The molecule has 78 valence electrons. The molecule has 1 aromatic carbocycles. The lowest BCUT2D eigenvalue weighted by Gasteiger charge is -2.14. The molecule has 1 aromatic rings. The fourth-order valence-corrected chi connectivity index (χ4v) is 2.35. The SMILES string of the molecule is CC(C)c1cc(Cl)c(C(C)C)cc1S. The first kappa shape index (κ1) is 11.9. The summed E-state index contributed by atoms with van der Waals surface area (Å²) in [6.45, 7) is 8.59. The van der Waals surface area contributed by atoms with Crippen molar-refractivity contribution in [2.24, 2.45) is 0 Å². The molecule has 0 aliphatic heterocycles. The predicted molar refractivity (Wildman–Crippen MR) is 66.9 cm³/mol. The first-order chi connectivity index (χ1) is 6.43. The number of hydrogen-bond acceptors (Lipinski definition) is 1. The van der Waals surface area contributed by atoms with Crippen LogP contribution >= 0.6 is 24.2 Å². The van der Waals surface area contributed by atoms with Crippen molar-refractivity contribution in [3.63, 3.8) is 0 Å². The van der Waals surface area contributed by atoms with E-state index in [1.165, 1.54) is 11.1 Å². The molecule has 0 amide bonds. The Balaban J connectivity index is 3.24. The van der Waals surface area contributed by atoms with Crippen LogP contribution in [-0.2, 0) is 0 Å². The fourth-order valence-electron chi connectivity index (χ4n) is 1.50. The summed E-state index contributed by atoms with van der Waals surface area (Å²) < 4.78 is 0. The van der Waals surface area contributed by atoms with Crippen LogP contribution in [0.15, 0.2) is 17.0 Å². The Labute approximate surface area is 97.1 Å². The Morgan fingerprint density at radius 3 is 1.93 bits per heavy atom. The zero-order valence-electron chi connectivity index (χ0n) is 9.13. The van der Waals surface area contributed by atoms with Crippen molar-refractivity contribution < 1.29 is 0 Å². The zero-order chi connectivity index (χ0) is 10.9. The second-order valence-corrected chi connectivity index (χ2v) is 5.13. The van der Waals surface area contributed by atoms with Gasteiger partial charge in [-0.15, -0.1) is 12.6 Å². The van der Waals surface area contributed by atoms with Gasteiger partial charge in [-0.1, -0.05) is 39.3 Å². The van der Waals surface area contributed by atoms with Gasteiger partial charge < -0.3 is 0 Å². The van der Waals surface area contributed by atoms with Gasteiger partial charge in [0.2, 0.25) is 0 Å². The monoisotopic (exact) mass is 228 g/mol. The van der Waals surface area contributed by atoms with Gasteiger partial charge in [0.25, 0.3) is 0 Å². The summed E-state index contributed by atoms with van der Waals surface area (Å²) >= 11 is 10.7. The van der Waals surface area contributed by atoms with Crippen molar-refractivity contribution in [1.82, 2.24) is 0 Å². The smallest absolute Gasteiger partial charge is 0.0444 e. The average molecular weight is 229 g/mol. The van der Waals surface area contributed by atoms with Crippen molar-refractivity contribution in [3.8, 4) is 0 Å². The molecule has 0 heterocycles. The van der Waals surface area contributed by atoms with E-state index in [-0.39, 0.29) is 0 Å². The van der Waals surface area contributed by atoms with E-state index >= 15 is 0 Å². The predicted octanol–water partition coefficient (Wildman–Crippen LogP) is 4.88. The van der Waals surface area contributed by atoms with Crippen LogP contribution in [0.1, 0.15) is 50.7 Å². The molecule has 0 nitrogen and oxygen atoms in total. The minimum atomic E-state index is 0.453. The summed E-state index contributed by atoms with van der Waals surface area (Å²) in [5.41, 5.74) is 2.41. The highest BCUT2D eigenvalue weighted by Crippen LogP contribution is 2.32. The van der Waals surface area contributed by atoms with Crippen molar-refractivity contribution >= 4 is 24.2 Å². The molecule has 0 spiro atoms. The minimum absolute atomic E-state index is 0.453. The van der Waals surface area contributed by atoms with Crippen LogP contribution in [0, 0.1) is 0 Å². The summed E-state index contributed by atoms with van der Waals surface area (Å²) in [6, 6.07) is 4.13. The maximum atomic E-state index is 6.21. The molecular formula is C12H17ClS. The van der Waals surface area contributed by atoms with Gasteiger partial charge in [-0.25, -0.2) is 0 Å². The Kier molecular flexibility index (Phi) is 3.91. The van der Waals surface area contributed by atoms with E-state index in [9.17, 15) is 0 Å². The van der Waals surface area contributed by atoms with E-state index in [1.54, 1.807) is 0 Å². The summed E-state index contributed by atoms with van der Waals surface area (Å²) in [5, 5.41) is 0.863. The maximum absolute atomic E-state index is 6.21. The molecule has 0 radical (unpaired) electrons. The lowest BCUT2D eigenvalue weighted by atomic mass is 9.97. The molecule has 0 atom stereocenters. The van der Waals surface area contributed by atoms with Gasteiger partial charge in [0, 0.05) is 9.92 Å². The molecule has 0 N–H and O–H groups in total. The van der Waals surface area contributed by atoms with Crippen LogP contribution in [0.4, 0.5) is 0 Å². The molecule has 0 aliphatic carbocycles. The van der Waals surface area contributed by atoms with E-state index in [0.29, 0.717) is 11.8 Å². The summed E-state index contributed by atoms with van der Waals surface area (Å²) in [5.74, 6) is 0.927. The quantitative estimate of drug-likeness (QED) is 0.686. The van der Waals surface area contributed by atoms with Crippen LogP contribution in [0.2, 0.25) is 5.02 Å². The summed E-state index contributed by atoms with van der Waals surface area (Å²) in [6.07, 6.45) is 0. The van der Waals surface area contributed by atoms with Crippen LogP contribution in [0.3, 0.4) is 0 Å². The van der Waals surface area contributed by atoms with Crippen LogP contribution in [0.5, 0.6) is 0 Å². The van der Waals surface area contributed by atoms with Crippen LogP contribution < -0.4 is 0 Å². The van der Waals surface area contributed by atoms with E-state index in [0.717, 1.165) is 9.92 Å². The summed E-state index contributed by atoms with van der Waals surface area (Å²) in [4.78, 5) is 1.05. The third-order valence-electron chi connectivity index (χ3n) is 2.39. The molecule has 0 aromatic heterocycles. The van der Waals surface area contributed by atoms with Crippen LogP contribution in [0.25, 0.3) is 0 Å². The number of hydrogen-bond donors (Lipinski definition) is 1. The molecule has 0 fully saturated rings. The Morgan fingerprint density at radius 1 is 1.00 bits per heavy atom. The second-order valence-electron chi connectivity index (χ2n) is 4.24. The van der Waals surface area contributed by atoms with Crippen LogP contribution in [-0.4, -0.2) is 0 Å². The molecule has 0 saturated carbocycles. The third kappa shape index (κ3) is 2.46. The van der Waals surface area contributed by atoms with Crippen molar-refractivity contribution in [1.29, 1.82) is 0 Å². The van der Waals surface area contributed by atoms with Gasteiger partial charge in [0.1, 0.15) is 0 Å². The first-order valence-corrected chi connectivity index (χ1v) is 5.78. The van der Waals surface area contributed by atoms with E-state index < -0.39 is 0 Å². The fraction of sp³-hybridized carbons (Fsp3) is 0.500. The molecule has 14 heavy (non-hydrogen) atoms. The van der Waals surface area contributed by atoms with Crippen molar-refractivity contribution in [2.45, 2.75) is 44.4 Å². The first-order valence-electron chi connectivity index (χ1n) is 4.95. The Hall–Kier alpha value is -0.140. The van der Waals surface area contributed by atoms with Gasteiger partial charge >= 0.3 is 0 Å². The van der Waals surface area contributed by atoms with Gasteiger partial charge in [-0.3, -0.25) is 0 Å². The number of rotatable bonds is 2. The molecule has 2 heteroatoms.